The zero-order valence-corrected chi connectivity index (χ0v) is 22.6. The van der Waals surface area contributed by atoms with Gasteiger partial charge in [-0.05, 0) is 24.7 Å². The second-order valence-electron chi connectivity index (χ2n) is 10.0. The van der Waals surface area contributed by atoms with Gasteiger partial charge >= 0.3 is 12.1 Å². The van der Waals surface area contributed by atoms with Gasteiger partial charge in [-0.2, -0.15) is 22.0 Å². The maximum atomic E-state index is 13.7. The molecular formula is C23H36ClF5N4O5. The zero-order valence-electron chi connectivity index (χ0n) is 21.8. The van der Waals surface area contributed by atoms with Crippen molar-refractivity contribution in [2.24, 2.45) is 11.8 Å². The SMILES string of the molecule is CC(C)[C@H](NC(=O)CN1CCOCC1)C(=O)N1CCC[C@H]1C(=O)N[C@@H](C(=O)C(F)(F)C(F)(F)F)C(C)C.Cl. The van der Waals surface area contributed by atoms with Gasteiger partial charge in [0.1, 0.15) is 12.1 Å². The smallest absolute Gasteiger partial charge is 0.379 e. The maximum Gasteiger partial charge on any atom is 0.461 e. The third-order valence-corrected chi connectivity index (χ3v) is 6.47. The van der Waals surface area contributed by atoms with Gasteiger partial charge < -0.3 is 20.3 Å². The fourth-order valence-electron chi connectivity index (χ4n) is 4.30. The molecule has 0 radical (unpaired) electrons. The molecule has 0 aromatic heterocycles. The Balaban J connectivity index is 0.00000722. The van der Waals surface area contributed by atoms with Crippen molar-refractivity contribution >= 4 is 35.9 Å². The first-order valence-electron chi connectivity index (χ1n) is 12.3. The molecule has 0 saturated carbocycles. The standard InChI is InChI=1S/C23H35F5N4O5.ClH/c1-13(2)17(19(34)22(24,25)23(26,27)28)30-20(35)15-6-5-7-32(15)21(36)18(14(3)4)29-16(33)12-31-8-10-37-11-9-31;/h13-15,17-18H,5-12H2,1-4H3,(H,29,33)(H,30,35);1H/t15-,17+,18-;/m0./s1. The van der Waals surface area contributed by atoms with Crippen LogP contribution >= 0.6 is 12.4 Å². The minimum absolute atomic E-state index is 0. The summed E-state index contributed by atoms with van der Waals surface area (Å²) in [6.07, 6.45) is -5.62. The van der Waals surface area contributed by atoms with E-state index in [-0.39, 0.29) is 37.8 Å². The number of amides is 3. The molecule has 0 aromatic carbocycles. The summed E-state index contributed by atoms with van der Waals surface area (Å²) < 4.78 is 70.9. The van der Waals surface area contributed by atoms with E-state index in [1.807, 2.05) is 10.2 Å². The number of Topliss-reactive ketones (excluding diaryl/α,β-unsaturated/α-hetero) is 1. The highest BCUT2D eigenvalue weighted by Gasteiger charge is 2.64. The molecule has 0 bridgehead atoms. The third kappa shape index (κ3) is 8.22. The summed E-state index contributed by atoms with van der Waals surface area (Å²) in [7, 11) is 0. The number of nitrogens with one attached hydrogen (secondary N) is 2. The Morgan fingerprint density at radius 3 is 1.95 bits per heavy atom. The molecule has 2 aliphatic heterocycles. The third-order valence-electron chi connectivity index (χ3n) is 6.47. The van der Waals surface area contributed by atoms with Crippen LogP contribution in [-0.2, 0) is 23.9 Å². The molecular weight excluding hydrogens is 543 g/mol. The topological polar surface area (TPSA) is 108 Å². The van der Waals surface area contributed by atoms with Crippen molar-refractivity contribution in [2.45, 2.75) is 70.8 Å². The molecule has 2 rings (SSSR count). The van der Waals surface area contributed by atoms with Gasteiger partial charge in [-0.25, -0.2) is 0 Å². The van der Waals surface area contributed by atoms with E-state index in [4.69, 9.17) is 4.74 Å². The predicted octanol–water partition coefficient (Wildman–Crippen LogP) is 1.78. The molecule has 0 aliphatic carbocycles. The van der Waals surface area contributed by atoms with Crippen LogP contribution in [0.15, 0.2) is 0 Å². The van der Waals surface area contributed by atoms with Crippen molar-refractivity contribution in [1.29, 1.82) is 0 Å². The van der Waals surface area contributed by atoms with E-state index in [1.54, 1.807) is 13.8 Å². The lowest BCUT2D eigenvalue weighted by molar-refractivity contribution is -0.270. The number of alkyl halides is 5. The van der Waals surface area contributed by atoms with Gasteiger partial charge in [0.15, 0.2) is 0 Å². The van der Waals surface area contributed by atoms with Crippen molar-refractivity contribution in [3.8, 4) is 0 Å². The van der Waals surface area contributed by atoms with E-state index in [0.717, 1.165) is 0 Å². The molecule has 0 spiro atoms. The van der Waals surface area contributed by atoms with Crippen LogP contribution in [0, 0.1) is 11.8 Å². The molecule has 0 unspecified atom stereocenters. The van der Waals surface area contributed by atoms with Crippen LogP contribution in [0.25, 0.3) is 0 Å². The fourth-order valence-corrected chi connectivity index (χ4v) is 4.30. The second-order valence-corrected chi connectivity index (χ2v) is 10.0. The van der Waals surface area contributed by atoms with Gasteiger partial charge in [0.25, 0.3) is 0 Å². The summed E-state index contributed by atoms with van der Waals surface area (Å²) in [6.45, 7) is 8.13. The lowest BCUT2D eigenvalue weighted by atomic mass is 9.95. The average Bonchev–Trinajstić information content (AvgIpc) is 3.29. The van der Waals surface area contributed by atoms with Crippen LogP contribution in [0.4, 0.5) is 22.0 Å². The Morgan fingerprint density at radius 1 is 0.895 bits per heavy atom. The highest BCUT2D eigenvalue weighted by Crippen LogP contribution is 2.37. The molecule has 9 nitrogen and oxygen atoms in total. The number of nitrogens with zero attached hydrogens (tertiary/aromatic N) is 2. The quantitative estimate of drug-likeness (QED) is 0.383. The van der Waals surface area contributed by atoms with Crippen LogP contribution in [0.3, 0.4) is 0 Å². The Morgan fingerprint density at radius 2 is 1.45 bits per heavy atom. The normalized spacial score (nSPS) is 20.6. The van der Waals surface area contributed by atoms with Crippen molar-refractivity contribution in [1.82, 2.24) is 20.4 Å². The van der Waals surface area contributed by atoms with Crippen molar-refractivity contribution < 1.29 is 45.9 Å². The molecule has 3 atom stereocenters. The number of hydrogen-bond donors (Lipinski definition) is 2. The second kappa shape index (κ2) is 13.8. The Kier molecular flexibility index (Phi) is 12.4. The van der Waals surface area contributed by atoms with Crippen LogP contribution in [0.1, 0.15) is 40.5 Å². The molecule has 2 N–H and O–H groups in total. The summed E-state index contributed by atoms with van der Waals surface area (Å²) in [4.78, 5) is 54.0. The molecule has 2 saturated heterocycles. The first-order valence-corrected chi connectivity index (χ1v) is 12.3. The molecule has 15 heteroatoms. The maximum absolute atomic E-state index is 13.7. The molecule has 2 aliphatic rings. The van der Waals surface area contributed by atoms with Gasteiger partial charge in [0, 0.05) is 19.6 Å². The lowest BCUT2D eigenvalue weighted by Gasteiger charge is -2.33. The highest BCUT2D eigenvalue weighted by atomic mass is 35.5. The minimum Gasteiger partial charge on any atom is -0.379 e. The van der Waals surface area contributed by atoms with E-state index in [9.17, 15) is 41.1 Å². The molecule has 2 heterocycles. The van der Waals surface area contributed by atoms with E-state index >= 15 is 0 Å². The summed E-state index contributed by atoms with van der Waals surface area (Å²) in [5, 5.41) is 4.71. The number of halogens is 6. The van der Waals surface area contributed by atoms with Crippen molar-refractivity contribution in [2.75, 3.05) is 39.4 Å². The minimum atomic E-state index is -6.11. The zero-order chi connectivity index (χ0) is 28.1. The van der Waals surface area contributed by atoms with E-state index in [0.29, 0.717) is 32.7 Å². The van der Waals surface area contributed by atoms with E-state index < -0.39 is 59.6 Å². The molecule has 0 aromatic rings. The number of likely N-dealkylation sites (tertiary alicyclic amines) is 1. The number of hydrogen-bond acceptors (Lipinski definition) is 6. The van der Waals surface area contributed by atoms with E-state index in [1.165, 1.54) is 18.7 Å². The number of carbonyl (C=O) groups excluding carboxylic acids is 4. The van der Waals surface area contributed by atoms with Gasteiger partial charge in [-0.15, -0.1) is 12.4 Å². The predicted molar refractivity (Wildman–Crippen MR) is 129 cm³/mol. The summed E-state index contributed by atoms with van der Waals surface area (Å²) in [6, 6.07) is -4.28. The lowest BCUT2D eigenvalue weighted by Crippen LogP contribution is -2.60. The average molecular weight is 579 g/mol. The first-order chi connectivity index (χ1) is 17.1. The number of rotatable bonds is 10. The Labute approximate surface area is 224 Å². The number of ketones is 1. The van der Waals surface area contributed by atoms with E-state index in [2.05, 4.69) is 5.32 Å². The summed E-state index contributed by atoms with van der Waals surface area (Å²) in [5.41, 5.74) is 0. The molecule has 3 amide bonds. The van der Waals surface area contributed by atoms with Crippen LogP contribution < -0.4 is 10.6 Å². The molecule has 220 valence electrons. The molecule has 2 fully saturated rings. The van der Waals surface area contributed by atoms with Gasteiger partial charge in [0.2, 0.25) is 23.5 Å². The van der Waals surface area contributed by atoms with Crippen LogP contribution in [0.5, 0.6) is 0 Å². The Hall–Kier alpha value is -2.06. The monoisotopic (exact) mass is 578 g/mol. The van der Waals surface area contributed by atoms with Gasteiger partial charge in [-0.3, -0.25) is 24.1 Å². The number of carbonyl (C=O) groups is 4. The Bertz CT molecular complexity index is 853. The highest BCUT2D eigenvalue weighted by molar-refractivity contribution is 5.97. The van der Waals surface area contributed by atoms with Gasteiger partial charge in [-0.1, -0.05) is 27.7 Å². The largest absolute Gasteiger partial charge is 0.461 e. The van der Waals surface area contributed by atoms with Crippen molar-refractivity contribution in [3.05, 3.63) is 0 Å². The summed E-state index contributed by atoms with van der Waals surface area (Å²) in [5.74, 6) is -11.5. The number of ether oxygens (including phenoxy) is 1. The van der Waals surface area contributed by atoms with Crippen LogP contribution in [-0.4, -0.2) is 103 Å². The van der Waals surface area contributed by atoms with Crippen LogP contribution in [0.2, 0.25) is 0 Å². The molecule has 38 heavy (non-hydrogen) atoms. The fraction of sp³-hybridized carbons (Fsp3) is 0.826. The summed E-state index contributed by atoms with van der Waals surface area (Å²) >= 11 is 0. The van der Waals surface area contributed by atoms with Crippen molar-refractivity contribution in [3.63, 3.8) is 0 Å². The van der Waals surface area contributed by atoms with Gasteiger partial charge in [0.05, 0.1) is 25.8 Å². The first kappa shape index (κ1) is 34.0. The number of morpholine rings is 1.